The third kappa shape index (κ3) is 10.1. The van der Waals surface area contributed by atoms with Gasteiger partial charge in [0.25, 0.3) is 0 Å². The van der Waals surface area contributed by atoms with Gasteiger partial charge in [0.05, 0.1) is 29.9 Å². The lowest BCUT2D eigenvalue weighted by Gasteiger charge is -2.54. The Hall–Kier alpha value is -2.02. The molecule has 2 saturated carbocycles. The van der Waals surface area contributed by atoms with Crippen molar-refractivity contribution in [2.24, 2.45) is 15.8 Å². The molecule has 3 heterocycles. The van der Waals surface area contributed by atoms with Crippen LogP contribution in [0.2, 0.25) is 0 Å². The number of aliphatic hydroxyl groups is 1. The highest BCUT2D eigenvalue weighted by Crippen LogP contribution is 2.43. The summed E-state index contributed by atoms with van der Waals surface area (Å²) in [4.78, 5) is 29.1. The zero-order valence-corrected chi connectivity index (χ0v) is 36.0. The van der Waals surface area contributed by atoms with Gasteiger partial charge in [0.2, 0.25) is 12.2 Å². The minimum atomic E-state index is -0.505. The van der Waals surface area contributed by atoms with Gasteiger partial charge in [-0.25, -0.2) is 10.8 Å². The van der Waals surface area contributed by atoms with Crippen molar-refractivity contribution in [3.05, 3.63) is 23.5 Å². The highest BCUT2D eigenvalue weighted by molar-refractivity contribution is 5.98. The van der Waals surface area contributed by atoms with E-state index in [-0.39, 0.29) is 41.0 Å². The van der Waals surface area contributed by atoms with Gasteiger partial charge in [0.15, 0.2) is 0 Å². The summed E-state index contributed by atoms with van der Waals surface area (Å²) in [5.41, 5.74) is 1.27. The number of hydroxylamine groups is 4. The maximum absolute atomic E-state index is 10.3. The van der Waals surface area contributed by atoms with E-state index < -0.39 is 6.29 Å². The molecule has 0 aromatic heterocycles. The van der Waals surface area contributed by atoms with Gasteiger partial charge < -0.3 is 14.9 Å². The van der Waals surface area contributed by atoms with E-state index in [2.05, 4.69) is 101 Å². The molecule has 11 nitrogen and oxygen atoms in total. The lowest BCUT2D eigenvalue weighted by Crippen LogP contribution is -2.62. The van der Waals surface area contributed by atoms with E-state index in [1.165, 1.54) is 49.9 Å². The second-order valence-corrected chi connectivity index (χ2v) is 19.1. The smallest absolute Gasteiger partial charge is 0.230 e. The van der Waals surface area contributed by atoms with Gasteiger partial charge in [-0.3, -0.25) is 14.7 Å². The molecule has 3 aliphatic heterocycles. The van der Waals surface area contributed by atoms with E-state index in [1.807, 2.05) is 0 Å². The Labute approximate surface area is 328 Å². The Balaban J connectivity index is 1.53. The molecular formula is C43H78N8O3. The number of guanidine groups is 1. The second-order valence-electron chi connectivity index (χ2n) is 19.1. The van der Waals surface area contributed by atoms with Gasteiger partial charge in [0, 0.05) is 54.8 Å². The fourth-order valence-corrected chi connectivity index (χ4v) is 9.74. The van der Waals surface area contributed by atoms with Crippen molar-refractivity contribution in [1.29, 1.82) is 0 Å². The number of nitrogens with two attached hydrogens (primary N) is 1. The summed E-state index contributed by atoms with van der Waals surface area (Å²) in [6, 6.07) is 0. The topological polar surface area (TPSA) is 106 Å². The lowest BCUT2D eigenvalue weighted by molar-refractivity contribution is -0.290. The summed E-state index contributed by atoms with van der Waals surface area (Å²) in [5.74, 6) is 8.37. The Morgan fingerprint density at radius 3 is 1.70 bits per heavy atom. The summed E-state index contributed by atoms with van der Waals surface area (Å²) in [6.45, 7) is 24.4. The number of hydrogen-bond donors (Lipinski definition) is 2. The molecule has 0 saturated heterocycles. The van der Waals surface area contributed by atoms with Gasteiger partial charge >= 0.3 is 0 Å². The number of rotatable bonds is 15. The van der Waals surface area contributed by atoms with Crippen LogP contribution in [0, 0.1) is 0 Å². The summed E-state index contributed by atoms with van der Waals surface area (Å²) in [7, 11) is 0. The van der Waals surface area contributed by atoms with Gasteiger partial charge in [0.1, 0.15) is 5.84 Å². The predicted octanol–water partition coefficient (Wildman–Crippen LogP) is 8.62. The zero-order chi connectivity index (χ0) is 39.3. The van der Waals surface area contributed by atoms with Crippen molar-refractivity contribution in [3.8, 4) is 0 Å². The van der Waals surface area contributed by atoms with E-state index in [0.29, 0.717) is 18.2 Å². The maximum Gasteiger partial charge on any atom is 0.230 e. The summed E-state index contributed by atoms with van der Waals surface area (Å²) in [6.07, 6.45) is 23.0. The zero-order valence-electron chi connectivity index (χ0n) is 36.0. The molecule has 0 aromatic carbocycles. The van der Waals surface area contributed by atoms with Gasteiger partial charge in [-0.1, -0.05) is 65.2 Å². The average molecular weight is 755 g/mol. The highest BCUT2D eigenvalue weighted by atomic mass is 16.7. The Morgan fingerprint density at radius 2 is 1.22 bits per heavy atom. The SMILES string of the molecule is CCCCN(C1=CC(C)(C)N(OC2CCCCC2)C(C)(C)C1)C1=NC(N(CCCC)C2=CC(C)(C)N(OC3CCCCC3)C(C)(C)C2)N(N)C(CCO)=N1. The molecule has 308 valence electrons. The predicted molar refractivity (Wildman–Crippen MR) is 221 cm³/mol. The van der Waals surface area contributed by atoms with Crippen LogP contribution in [0.5, 0.6) is 0 Å². The van der Waals surface area contributed by atoms with Crippen molar-refractivity contribution in [1.82, 2.24) is 24.9 Å². The molecule has 54 heavy (non-hydrogen) atoms. The van der Waals surface area contributed by atoms with Crippen molar-refractivity contribution >= 4 is 11.8 Å². The molecule has 2 aliphatic carbocycles. The van der Waals surface area contributed by atoms with Crippen LogP contribution in [0.25, 0.3) is 0 Å². The largest absolute Gasteiger partial charge is 0.396 e. The van der Waals surface area contributed by atoms with Crippen molar-refractivity contribution in [2.75, 3.05) is 19.7 Å². The number of amidine groups is 1. The molecule has 5 rings (SSSR count). The van der Waals surface area contributed by atoms with Crippen molar-refractivity contribution in [2.45, 2.75) is 219 Å². The molecule has 0 radical (unpaired) electrons. The highest BCUT2D eigenvalue weighted by Gasteiger charge is 2.48. The Kier molecular flexibility index (Phi) is 14.4. The van der Waals surface area contributed by atoms with E-state index in [4.69, 9.17) is 25.5 Å². The maximum atomic E-state index is 10.3. The molecular weight excluding hydrogens is 677 g/mol. The third-order valence-corrected chi connectivity index (χ3v) is 12.1. The Bertz CT molecular complexity index is 1360. The lowest BCUT2D eigenvalue weighted by atomic mass is 9.84. The molecule has 1 unspecified atom stereocenters. The number of aliphatic imine (C=N–C) groups is 2. The van der Waals surface area contributed by atoms with E-state index >= 15 is 0 Å². The summed E-state index contributed by atoms with van der Waals surface area (Å²) in [5, 5.41) is 16.5. The Morgan fingerprint density at radius 1 is 0.741 bits per heavy atom. The molecule has 11 heteroatoms. The molecule has 1 atom stereocenters. The van der Waals surface area contributed by atoms with Crippen LogP contribution in [-0.2, 0) is 9.68 Å². The van der Waals surface area contributed by atoms with E-state index in [0.717, 1.165) is 77.3 Å². The summed E-state index contributed by atoms with van der Waals surface area (Å²) >= 11 is 0. The fourth-order valence-electron chi connectivity index (χ4n) is 9.74. The first-order chi connectivity index (χ1) is 25.5. The minimum Gasteiger partial charge on any atom is -0.396 e. The number of aliphatic hydroxyl groups excluding tert-OH is 1. The van der Waals surface area contributed by atoms with Crippen molar-refractivity contribution < 1.29 is 14.8 Å². The van der Waals surface area contributed by atoms with Gasteiger partial charge in [-0.2, -0.15) is 15.1 Å². The standard InChI is InChI=1S/C43H78N8O3/c1-11-13-26-47(33-29-40(3,4)50(41(5,6)30-33)53-35-21-17-15-18-22-35)38-45-37(25-28-52)49(44)39(46-38)48(27-14-12-2)34-31-42(7,8)51(43(9,10)32-34)54-36-23-19-16-20-24-36/h29,31,35-36,39,52H,11-28,30,32,44H2,1-10H3. The van der Waals surface area contributed by atoms with Crippen LogP contribution in [0.15, 0.2) is 33.5 Å². The normalized spacial score (nSPS) is 26.5. The van der Waals surface area contributed by atoms with E-state index in [1.54, 1.807) is 5.01 Å². The molecule has 0 bridgehead atoms. The molecule has 3 N–H and O–H groups in total. The third-order valence-electron chi connectivity index (χ3n) is 12.1. The minimum absolute atomic E-state index is 0.0388. The molecule has 2 fully saturated rings. The molecule has 0 amide bonds. The van der Waals surface area contributed by atoms with Crippen molar-refractivity contribution in [3.63, 3.8) is 0 Å². The number of unbranched alkanes of at least 4 members (excludes halogenated alkanes) is 2. The van der Waals surface area contributed by atoms with Crippen LogP contribution < -0.4 is 5.84 Å². The van der Waals surface area contributed by atoms with E-state index in [9.17, 15) is 5.11 Å². The monoisotopic (exact) mass is 755 g/mol. The second kappa shape index (κ2) is 18.1. The van der Waals surface area contributed by atoms with Gasteiger partial charge in [-0.05, 0) is 106 Å². The van der Waals surface area contributed by atoms with Crippen LogP contribution >= 0.6 is 0 Å². The van der Waals surface area contributed by atoms with Gasteiger partial charge in [-0.15, -0.1) is 0 Å². The molecule has 5 aliphatic rings. The number of hydrazine groups is 1. The number of hydrogen-bond acceptors (Lipinski definition) is 11. The molecule has 0 spiro atoms. The average Bonchev–Trinajstić information content (AvgIpc) is 3.10. The van der Waals surface area contributed by atoms with Crippen LogP contribution in [0.1, 0.15) is 178 Å². The first-order valence-corrected chi connectivity index (χ1v) is 21.7. The molecule has 0 aromatic rings. The quantitative estimate of drug-likeness (QED) is 0.159. The van der Waals surface area contributed by atoms with Crippen LogP contribution in [-0.4, -0.2) is 102 Å². The summed E-state index contributed by atoms with van der Waals surface area (Å²) < 4.78 is 0. The fraction of sp³-hybridized carbons (Fsp3) is 0.860. The number of nitrogens with zero attached hydrogens (tertiary/aromatic N) is 7. The first-order valence-electron chi connectivity index (χ1n) is 21.7. The van der Waals surface area contributed by atoms with Crippen LogP contribution in [0.3, 0.4) is 0 Å². The first kappa shape index (κ1) is 43.1. The van der Waals surface area contributed by atoms with Crippen LogP contribution in [0.4, 0.5) is 0 Å².